The van der Waals surface area contributed by atoms with Crippen molar-refractivity contribution >= 4 is 45.9 Å². The maximum absolute atomic E-state index is 12.8. The van der Waals surface area contributed by atoms with Gasteiger partial charge in [-0.1, -0.05) is 19.6 Å². The second-order valence-electron chi connectivity index (χ2n) is 8.30. The van der Waals surface area contributed by atoms with Crippen molar-refractivity contribution in [3.8, 4) is 0 Å². The molecule has 0 aliphatic rings. The Bertz CT molecular complexity index is 1260. The van der Waals surface area contributed by atoms with Crippen LogP contribution in [-0.2, 0) is 9.59 Å². The molecular weight excluding hydrogens is 472 g/mol. The molecule has 0 fully saturated rings. The van der Waals surface area contributed by atoms with Crippen molar-refractivity contribution < 1.29 is 14.4 Å². The molecule has 0 atom stereocenters. The van der Waals surface area contributed by atoms with Crippen LogP contribution in [0.4, 0.5) is 17.5 Å². The minimum absolute atomic E-state index is 0.0577. The van der Waals surface area contributed by atoms with Gasteiger partial charge < -0.3 is 26.2 Å². The Kier molecular flexibility index (Phi) is 9.89. The molecule has 194 valence electrons. The lowest BCUT2D eigenvalue weighted by atomic mass is 10.1. The fourth-order valence-electron chi connectivity index (χ4n) is 3.39. The standard InChI is InChI=1S/C26H32N8O3/c1-4-10-29-24-21(25(37)30-12-6-11-28-22(35)17-34(3)23(36)5-2)16-31-26(33-24)32-20-8-7-19-15-27-13-9-18(19)14-20/h5,7-9,13-16H,2,4,6,10-12,17H2,1,3H3,(H,28,35)(H,30,37)(H2,29,31,32,33). The number of carbonyl (C=O) groups is 3. The van der Waals surface area contributed by atoms with Crippen LogP contribution in [0.3, 0.4) is 0 Å². The highest BCUT2D eigenvalue weighted by Gasteiger charge is 2.15. The summed E-state index contributed by atoms with van der Waals surface area (Å²) in [7, 11) is 1.52. The van der Waals surface area contributed by atoms with Crippen molar-refractivity contribution in [3.05, 3.63) is 61.1 Å². The molecule has 0 aliphatic carbocycles. The van der Waals surface area contributed by atoms with Gasteiger partial charge in [0.15, 0.2) is 0 Å². The Labute approximate surface area is 215 Å². The minimum Gasteiger partial charge on any atom is -0.369 e. The highest BCUT2D eigenvalue weighted by atomic mass is 16.2. The predicted octanol–water partition coefficient (Wildman–Crippen LogP) is 2.47. The zero-order valence-corrected chi connectivity index (χ0v) is 21.1. The molecule has 1 aromatic carbocycles. The first kappa shape index (κ1) is 27.1. The third kappa shape index (κ3) is 7.99. The predicted molar refractivity (Wildman–Crippen MR) is 144 cm³/mol. The van der Waals surface area contributed by atoms with E-state index in [9.17, 15) is 14.4 Å². The summed E-state index contributed by atoms with van der Waals surface area (Å²) < 4.78 is 0. The van der Waals surface area contributed by atoms with E-state index < -0.39 is 0 Å². The number of amides is 3. The van der Waals surface area contributed by atoms with Crippen LogP contribution in [0, 0.1) is 0 Å². The van der Waals surface area contributed by atoms with Gasteiger partial charge in [-0.25, -0.2) is 4.98 Å². The van der Waals surface area contributed by atoms with Gasteiger partial charge in [-0.3, -0.25) is 19.4 Å². The summed E-state index contributed by atoms with van der Waals surface area (Å²) in [4.78, 5) is 50.4. The molecule has 11 nitrogen and oxygen atoms in total. The summed E-state index contributed by atoms with van der Waals surface area (Å²) in [5.74, 6) is -0.120. The maximum atomic E-state index is 12.8. The van der Waals surface area contributed by atoms with E-state index in [1.54, 1.807) is 12.4 Å². The Balaban J connectivity index is 1.55. The van der Waals surface area contributed by atoms with Gasteiger partial charge in [0, 0.05) is 56.3 Å². The fraction of sp³-hybridized carbons (Fsp3) is 0.308. The van der Waals surface area contributed by atoms with Gasteiger partial charge >= 0.3 is 0 Å². The first-order valence-corrected chi connectivity index (χ1v) is 12.1. The Morgan fingerprint density at radius 1 is 1.05 bits per heavy atom. The second-order valence-corrected chi connectivity index (χ2v) is 8.30. The van der Waals surface area contributed by atoms with Crippen molar-refractivity contribution in [2.45, 2.75) is 19.8 Å². The summed E-state index contributed by atoms with van der Waals surface area (Å²) in [5.41, 5.74) is 1.15. The van der Waals surface area contributed by atoms with Gasteiger partial charge in [0.1, 0.15) is 11.4 Å². The fourth-order valence-corrected chi connectivity index (χ4v) is 3.39. The van der Waals surface area contributed by atoms with E-state index in [1.807, 2.05) is 31.2 Å². The molecule has 4 N–H and O–H groups in total. The largest absolute Gasteiger partial charge is 0.369 e. The van der Waals surface area contributed by atoms with E-state index in [0.29, 0.717) is 43.4 Å². The number of hydrogen-bond acceptors (Lipinski definition) is 8. The average molecular weight is 505 g/mol. The highest BCUT2D eigenvalue weighted by molar-refractivity contribution is 5.98. The molecule has 2 aromatic heterocycles. The van der Waals surface area contributed by atoms with Crippen LogP contribution in [0.5, 0.6) is 0 Å². The topological polar surface area (TPSA) is 141 Å². The number of pyridine rings is 1. The van der Waals surface area contributed by atoms with Gasteiger partial charge in [-0.05, 0) is 42.5 Å². The smallest absolute Gasteiger partial charge is 0.256 e. The molecule has 3 amide bonds. The maximum Gasteiger partial charge on any atom is 0.256 e. The molecule has 0 saturated carbocycles. The lowest BCUT2D eigenvalue weighted by Gasteiger charge is -2.15. The van der Waals surface area contributed by atoms with Crippen molar-refractivity contribution in [2.75, 3.05) is 43.9 Å². The monoisotopic (exact) mass is 504 g/mol. The molecule has 0 saturated heterocycles. The number of nitrogens with zero attached hydrogens (tertiary/aromatic N) is 4. The summed E-state index contributed by atoms with van der Waals surface area (Å²) in [6, 6.07) is 7.79. The molecule has 0 bridgehead atoms. The molecule has 2 heterocycles. The van der Waals surface area contributed by atoms with E-state index >= 15 is 0 Å². The Morgan fingerprint density at radius 3 is 2.65 bits per heavy atom. The number of aromatic nitrogens is 3. The van der Waals surface area contributed by atoms with Gasteiger partial charge in [0.25, 0.3) is 5.91 Å². The van der Waals surface area contributed by atoms with Crippen LogP contribution in [-0.4, -0.2) is 70.8 Å². The van der Waals surface area contributed by atoms with Gasteiger partial charge in [0.2, 0.25) is 17.8 Å². The zero-order chi connectivity index (χ0) is 26.6. The summed E-state index contributed by atoms with van der Waals surface area (Å²) >= 11 is 0. The van der Waals surface area contributed by atoms with Crippen LogP contribution in [0.2, 0.25) is 0 Å². The lowest BCUT2D eigenvalue weighted by molar-refractivity contribution is -0.131. The molecule has 3 rings (SSSR count). The van der Waals surface area contributed by atoms with Crippen molar-refractivity contribution in [2.24, 2.45) is 0 Å². The van der Waals surface area contributed by atoms with Crippen molar-refractivity contribution in [3.63, 3.8) is 0 Å². The van der Waals surface area contributed by atoms with Crippen LogP contribution in [0.1, 0.15) is 30.1 Å². The summed E-state index contributed by atoms with van der Waals surface area (Å²) in [6.07, 6.45) is 7.56. The number of carbonyl (C=O) groups excluding carboxylic acids is 3. The average Bonchev–Trinajstić information content (AvgIpc) is 2.91. The molecule has 37 heavy (non-hydrogen) atoms. The van der Waals surface area contributed by atoms with E-state index in [2.05, 4.69) is 42.8 Å². The normalized spacial score (nSPS) is 10.4. The molecule has 0 radical (unpaired) electrons. The van der Waals surface area contributed by atoms with Crippen LogP contribution >= 0.6 is 0 Å². The van der Waals surface area contributed by atoms with Gasteiger partial charge in [-0.15, -0.1) is 0 Å². The molecule has 0 unspecified atom stereocenters. The highest BCUT2D eigenvalue weighted by Crippen LogP contribution is 2.22. The van der Waals surface area contributed by atoms with Gasteiger partial charge in [-0.2, -0.15) is 4.98 Å². The van der Waals surface area contributed by atoms with E-state index in [-0.39, 0.29) is 24.3 Å². The van der Waals surface area contributed by atoms with Crippen molar-refractivity contribution in [1.82, 2.24) is 30.5 Å². The Morgan fingerprint density at radius 2 is 1.86 bits per heavy atom. The first-order chi connectivity index (χ1) is 17.9. The molecule has 11 heteroatoms. The molecular formula is C26H32N8O3. The van der Waals surface area contributed by atoms with Crippen LogP contribution in [0.25, 0.3) is 10.8 Å². The van der Waals surface area contributed by atoms with Crippen molar-refractivity contribution in [1.29, 1.82) is 0 Å². The number of likely N-dealkylation sites (N-methyl/N-ethyl adjacent to an activating group) is 1. The van der Waals surface area contributed by atoms with E-state index in [1.165, 1.54) is 18.1 Å². The van der Waals surface area contributed by atoms with E-state index in [0.717, 1.165) is 29.0 Å². The minimum atomic E-state index is -0.326. The number of anilines is 3. The summed E-state index contributed by atoms with van der Waals surface area (Å²) in [6.45, 7) is 6.71. The summed E-state index contributed by atoms with van der Waals surface area (Å²) in [5, 5.41) is 14.0. The molecule has 3 aromatic rings. The number of benzene rings is 1. The Hall–Kier alpha value is -4.54. The SMILES string of the molecule is C=CC(=O)N(C)CC(=O)NCCCNC(=O)c1cnc(Nc2ccc3cnccc3c2)nc1NCCC. The quantitative estimate of drug-likeness (QED) is 0.206. The number of rotatable bonds is 13. The van der Waals surface area contributed by atoms with Crippen LogP contribution < -0.4 is 21.3 Å². The second kappa shape index (κ2) is 13.5. The zero-order valence-electron chi connectivity index (χ0n) is 21.1. The third-order valence-electron chi connectivity index (χ3n) is 5.37. The number of fused-ring (bicyclic) bond motifs is 1. The number of nitrogens with one attached hydrogen (secondary N) is 4. The van der Waals surface area contributed by atoms with Gasteiger partial charge in [0.05, 0.1) is 6.54 Å². The van der Waals surface area contributed by atoms with E-state index in [4.69, 9.17) is 0 Å². The van der Waals surface area contributed by atoms with Crippen LogP contribution in [0.15, 0.2) is 55.5 Å². The third-order valence-corrected chi connectivity index (χ3v) is 5.37. The number of hydrogen-bond donors (Lipinski definition) is 4. The molecule has 0 spiro atoms. The first-order valence-electron chi connectivity index (χ1n) is 12.1. The lowest BCUT2D eigenvalue weighted by Crippen LogP contribution is -2.38. The molecule has 0 aliphatic heterocycles.